The van der Waals surface area contributed by atoms with E-state index in [9.17, 15) is 0 Å². The Kier molecular flexibility index (Phi) is 5.72. The van der Waals surface area contributed by atoms with E-state index in [1.165, 1.54) is 22.2 Å². The standard InChI is InChI=1S/C22H24N6OS3/c1-13-4-5-14-16(11-13)31-20-18(14)21(24-17(23-20)12-28-6-8-29-9-7-28)32-22-25-19(26-27-22)15-3-2-10-30-15/h2-3,10,13H,4-9,11-12H2,1H3,(H,25,26,27)/t13-/m0/s1. The highest BCUT2D eigenvalue weighted by atomic mass is 32.2. The molecule has 1 N–H and O–H groups in total. The van der Waals surface area contributed by atoms with E-state index in [4.69, 9.17) is 19.7 Å². The molecule has 2 aliphatic rings. The van der Waals surface area contributed by atoms with Gasteiger partial charge in [0.1, 0.15) is 15.7 Å². The van der Waals surface area contributed by atoms with Crippen molar-refractivity contribution in [3.63, 3.8) is 0 Å². The quantitative estimate of drug-likeness (QED) is 0.413. The molecule has 0 saturated carbocycles. The van der Waals surface area contributed by atoms with E-state index < -0.39 is 0 Å². The third kappa shape index (κ3) is 4.10. The normalized spacial score (nSPS) is 19.5. The average molecular weight is 485 g/mol. The zero-order valence-corrected chi connectivity index (χ0v) is 20.3. The Morgan fingerprint density at radius 1 is 1.25 bits per heavy atom. The second-order valence-corrected chi connectivity index (χ2v) is 11.4. The smallest absolute Gasteiger partial charge is 0.215 e. The molecule has 7 nitrogen and oxygen atoms in total. The number of aromatic nitrogens is 5. The lowest BCUT2D eigenvalue weighted by molar-refractivity contribution is 0.0330. The third-order valence-electron chi connectivity index (χ3n) is 6.04. The molecule has 6 rings (SSSR count). The minimum atomic E-state index is 0.704. The molecule has 1 fully saturated rings. The highest BCUT2D eigenvalue weighted by molar-refractivity contribution is 7.99. The lowest BCUT2D eigenvalue weighted by atomic mass is 9.89. The van der Waals surface area contributed by atoms with Crippen LogP contribution in [0.25, 0.3) is 20.9 Å². The Bertz CT molecular complexity index is 1230. The Morgan fingerprint density at radius 2 is 2.16 bits per heavy atom. The van der Waals surface area contributed by atoms with Crippen LogP contribution in [0.5, 0.6) is 0 Å². The van der Waals surface area contributed by atoms with Gasteiger partial charge in [-0.25, -0.2) is 15.0 Å². The second-order valence-electron chi connectivity index (χ2n) is 8.41. The molecule has 166 valence electrons. The van der Waals surface area contributed by atoms with Gasteiger partial charge in [-0.1, -0.05) is 13.0 Å². The molecule has 0 aromatic carbocycles. The maximum absolute atomic E-state index is 5.50. The number of nitrogens with zero attached hydrogens (tertiary/aromatic N) is 5. The van der Waals surface area contributed by atoms with Crippen LogP contribution < -0.4 is 0 Å². The number of hydrogen-bond donors (Lipinski definition) is 1. The van der Waals surface area contributed by atoms with Gasteiger partial charge >= 0.3 is 0 Å². The zero-order chi connectivity index (χ0) is 21.5. The summed E-state index contributed by atoms with van der Waals surface area (Å²) in [5.41, 5.74) is 1.44. The van der Waals surface area contributed by atoms with Gasteiger partial charge < -0.3 is 4.74 Å². The Balaban J connectivity index is 1.38. The number of aryl methyl sites for hydroxylation is 1. The Morgan fingerprint density at radius 3 is 3.00 bits per heavy atom. The first-order valence-corrected chi connectivity index (χ1v) is 13.5. The van der Waals surface area contributed by atoms with Gasteiger partial charge in [-0.05, 0) is 54.0 Å². The molecule has 0 spiro atoms. The van der Waals surface area contributed by atoms with Crippen molar-refractivity contribution in [2.24, 2.45) is 5.92 Å². The predicted octanol–water partition coefficient (Wildman–Crippen LogP) is 4.65. The van der Waals surface area contributed by atoms with Gasteiger partial charge in [0.2, 0.25) is 5.16 Å². The van der Waals surface area contributed by atoms with E-state index in [1.807, 2.05) is 17.4 Å². The number of aromatic amines is 1. The van der Waals surface area contributed by atoms with Crippen molar-refractivity contribution in [3.05, 3.63) is 33.8 Å². The van der Waals surface area contributed by atoms with Gasteiger partial charge in [-0.15, -0.1) is 27.8 Å². The van der Waals surface area contributed by atoms with E-state index in [2.05, 4.69) is 33.5 Å². The maximum Gasteiger partial charge on any atom is 0.215 e. The van der Waals surface area contributed by atoms with Crippen LogP contribution in [0.15, 0.2) is 27.7 Å². The molecule has 0 unspecified atom stereocenters. The lowest BCUT2D eigenvalue weighted by Crippen LogP contribution is -2.36. The first-order valence-electron chi connectivity index (χ1n) is 11.0. The lowest BCUT2D eigenvalue weighted by Gasteiger charge is -2.25. The van der Waals surface area contributed by atoms with Crippen molar-refractivity contribution in [2.45, 2.75) is 42.9 Å². The first-order chi connectivity index (χ1) is 15.7. The van der Waals surface area contributed by atoms with Gasteiger partial charge in [-0.2, -0.15) is 0 Å². The van der Waals surface area contributed by atoms with E-state index in [0.29, 0.717) is 5.16 Å². The van der Waals surface area contributed by atoms with Crippen LogP contribution in [0.3, 0.4) is 0 Å². The molecular weight excluding hydrogens is 460 g/mol. The van der Waals surface area contributed by atoms with Gasteiger partial charge in [0.05, 0.1) is 24.6 Å². The monoisotopic (exact) mass is 484 g/mol. The summed E-state index contributed by atoms with van der Waals surface area (Å²) in [5.74, 6) is 2.42. The number of morpholine rings is 1. The SMILES string of the molecule is C[C@H]1CCc2c(sc3nc(CN4CCOCC4)nc(Sc4n[nH]c(-c5cccs5)n4)c23)C1. The summed E-state index contributed by atoms with van der Waals surface area (Å²) >= 11 is 5.06. The summed E-state index contributed by atoms with van der Waals surface area (Å²) in [6.45, 7) is 6.49. The molecule has 10 heteroatoms. The third-order valence-corrected chi connectivity index (χ3v) is 8.92. The maximum atomic E-state index is 5.50. The summed E-state index contributed by atoms with van der Waals surface area (Å²) in [4.78, 5) is 20.8. The van der Waals surface area contributed by atoms with E-state index in [0.717, 1.165) is 78.0 Å². The van der Waals surface area contributed by atoms with E-state index >= 15 is 0 Å². The summed E-state index contributed by atoms with van der Waals surface area (Å²) in [5, 5.41) is 12.5. The van der Waals surface area contributed by atoms with Crippen molar-refractivity contribution in [1.82, 2.24) is 30.0 Å². The van der Waals surface area contributed by atoms with Crippen LogP contribution in [0.2, 0.25) is 0 Å². The van der Waals surface area contributed by atoms with Crippen LogP contribution in [-0.4, -0.2) is 56.4 Å². The first kappa shape index (κ1) is 20.7. The predicted molar refractivity (Wildman–Crippen MR) is 129 cm³/mol. The summed E-state index contributed by atoms with van der Waals surface area (Å²) in [6.07, 6.45) is 3.47. The van der Waals surface area contributed by atoms with Crippen LogP contribution in [-0.2, 0) is 24.1 Å². The Hall–Kier alpha value is -1.85. The van der Waals surface area contributed by atoms with E-state index in [1.54, 1.807) is 23.1 Å². The van der Waals surface area contributed by atoms with Crippen LogP contribution in [0.4, 0.5) is 0 Å². The molecule has 4 aromatic heterocycles. The minimum Gasteiger partial charge on any atom is -0.379 e. The van der Waals surface area contributed by atoms with Crippen molar-refractivity contribution in [1.29, 1.82) is 0 Å². The number of thiophene rings is 2. The molecule has 0 amide bonds. The molecule has 1 atom stereocenters. The highest BCUT2D eigenvalue weighted by Crippen LogP contribution is 2.42. The van der Waals surface area contributed by atoms with Gasteiger partial charge in [0, 0.05) is 23.4 Å². The summed E-state index contributed by atoms with van der Waals surface area (Å²) in [6, 6.07) is 4.08. The van der Waals surface area contributed by atoms with Crippen molar-refractivity contribution in [2.75, 3.05) is 26.3 Å². The molecule has 0 bridgehead atoms. The molecule has 4 aromatic rings. The summed E-state index contributed by atoms with van der Waals surface area (Å²) < 4.78 is 5.50. The molecule has 5 heterocycles. The number of nitrogens with one attached hydrogen (secondary N) is 1. The second kappa shape index (κ2) is 8.83. The average Bonchev–Trinajstić information content (AvgIpc) is 3.53. The number of H-pyrrole nitrogens is 1. The number of rotatable bonds is 5. The van der Waals surface area contributed by atoms with Gasteiger partial charge in [0.15, 0.2) is 5.82 Å². The number of ether oxygens (including phenoxy) is 1. The van der Waals surface area contributed by atoms with Crippen molar-refractivity contribution in [3.8, 4) is 10.7 Å². The molecule has 32 heavy (non-hydrogen) atoms. The summed E-state index contributed by atoms with van der Waals surface area (Å²) in [7, 11) is 0. The zero-order valence-electron chi connectivity index (χ0n) is 17.8. The van der Waals surface area contributed by atoms with E-state index in [-0.39, 0.29) is 0 Å². The molecule has 1 aliphatic carbocycles. The van der Waals surface area contributed by atoms with Gasteiger partial charge in [0.25, 0.3) is 0 Å². The fourth-order valence-electron chi connectivity index (χ4n) is 4.36. The topological polar surface area (TPSA) is 79.8 Å². The fourth-order valence-corrected chi connectivity index (χ4v) is 7.36. The van der Waals surface area contributed by atoms with Crippen LogP contribution in [0, 0.1) is 5.92 Å². The molecule has 1 saturated heterocycles. The fraction of sp³-hybridized carbons (Fsp3) is 0.455. The van der Waals surface area contributed by atoms with Crippen molar-refractivity contribution >= 4 is 44.7 Å². The molecule has 1 aliphatic heterocycles. The van der Waals surface area contributed by atoms with Crippen LogP contribution in [0.1, 0.15) is 29.6 Å². The largest absolute Gasteiger partial charge is 0.379 e. The molecular formula is C22H24N6OS3. The van der Waals surface area contributed by atoms with Gasteiger partial charge in [-0.3, -0.25) is 10.00 Å². The molecule has 0 radical (unpaired) electrons. The van der Waals surface area contributed by atoms with Crippen LogP contribution >= 0.6 is 34.4 Å². The number of hydrogen-bond acceptors (Lipinski definition) is 9. The minimum absolute atomic E-state index is 0.704. The van der Waals surface area contributed by atoms with Crippen molar-refractivity contribution < 1.29 is 4.74 Å². The number of fused-ring (bicyclic) bond motifs is 3. The Labute approximate surface area is 198 Å². The highest BCUT2D eigenvalue weighted by Gasteiger charge is 2.25.